The van der Waals surface area contributed by atoms with Gasteiger partial charge in [-0.2, -0.15) is 0 Å². The Kier molecular flexibility index (Phi) is 7.18. The van der Waals surface area contributed by atoms with Crippen LogP contribution in [0.4, 0.5) is 8.78 Å². The van der Waals surface area contributed by atoms with E-state index in [9.17, 15) is 18.7 Å². The molecule has 1 aliphatic carbocycles. The summed E-state index contributed by atoms with van der Waals surface area (Å²) in [4.78, 5) is 19.0. The normalized spacial score (nSPS) is 17.1. The van der Waals surface area contributed by atoms with Crippen LogP contribution >= 0.6 is 0 Å². The number of pyridine rings is 1. The van der Waals surface area contributed by atoms with Crippen LogP contribution in [0.25, 0.3) is 0 Å². The van der Waals surface area contributed by atoms with Gasteiger partial charge in [-0.1, -0.05) is 12.1 Å². The van der Waals surface area contributed by atoms with Crippen molar-refractivity contribution in [1.29, 1.82) is 0 Å². The first-order valence-electron chi connectivity index (χ1n) is 11.0. The van der Waals surface area contributed by atoms with Crippen LogP contribution in [0.5, 0.6) is 5.75 Å². The van der Waals surface area contributed by atoms with Gasteiger partial charge in [0.05, 0.1) is 0 Å². The van der Waals surface area contributed by atoms with Gasteiger partial charge >= 0.3 is 0 Å². The number of hydrogen-bond donors (Lipinski definition) is 2. The third-order valence-corrected chi connectivity index (χ3v) is 6.85. The maximum Gasteiger partial charge on any atom is 0.251 e. The Hall–Kier alpha value is -2.54. The molecule has 0 saturated heterocycles. The average molecular weight is 446 g/mol. The second kappa shape index (κ2) is 9.53. The third-order valence-electron chi connectivity index (χ3n) is 6.85. The highest BCUT2D eigenvalue weighted by molar-refractivity contribution is 5.77. The molecule has 1 aromatic heterocycles. The molecule has 1 aromatic carbocycles. The predicted molar refractivity (Wildman–Crippen MR) is 121 cm³/mol. The van der Waals surface area contributed by atoms with E-state index in [4.69, 9.17) is 0 Å². The number of halogens is 2. The number of rotatable bonds is 10. The molecule has 2 aromatic rings. The zero-order valence-corrected chi connectivity index (χ0v) is 19.2. The van der Waals surface area contributed by atoms with Gasteiger partial charge in [0.2, 0.25) is 5.91 Å². The molecule has 3 rings (SSSR count). The van der Waals surface area contributed by atoms with E-state index >= 15 is 0 Å². The molecular weight excluding hydrogens is 412 g/mol. The lowest BCUT2D eigenvalue weighted by molar-refractivity contribution is -0.123. The molecule has 0 aliphatic heterocycles. The summed E-state index contributed by atoms with van der Waals surface area (Å²) < 4.78 is 29.0. The van der Waals surface area contributed by atoms with Crippen LogP contribution in [0.15, 0.2) is 42.7 Å². The SMILES string of the molecule is Cc1cc(O)ccc1C[C@@H](CNC(=O)C[C@H](c1cccnc1)C1(C(C)(F)F)CC1)N(C)C. The van der Waals surface area contributed by atoms with E-state index in [0.29, 0.717) is 31.4 Å². The van der Waals surface area contributed by atoms with E-state index < -0.39 is 17.3 Å². The maximum atomic E-state index is 14.5. The van der Waals surface area contributed by atoms with Gasteiger partial charge in [-0.25, -0.2) is 8.78 Å². The van der Waals surface area contributed by atoms with Crippen molar-refractivity contribution in [2.45, 2.75) is 57.4 Å². The Morgan fingerprint density at radius 1 is 1.31 bits per heavy atom. The number of hydrogen-bond acceptors (Lipinski definition) is 4. The molecule has 1 heterocycles. The number of aryl methyl sites for hydroxylation is 1. The Balaban J connectivity index is 1.69. The van der Waals surface area contributed by atoms with Gasteiger partial charge in [0.25, 0.3) is 5.92 Å². The van der Waals surface area contributed by atoms with E-state index in [0.717, 1.165) is 18.1 Å². The van der Waals surface area contributed by atoms with Crippen LogP contribution < -0.4 is 5.32 Å². The molecule has 1 aliphatic rings. The molecule has 1 amide bonds. The number of carbonyl (C=O) groups excluding carboxylic acids is 1. The van der Waals surface area contributed by atoms with Crippen LogP contribution in [0.1, 0.15) is 48.8 Å². The average Bonchev–Trinajstić information content (AvgIpc) is 3.53. The van der Waals surface area contributed by atoms with Gasteiger partial charge in [0.1, 0.15) is 5.75 Å². The maximum absolute atomic E-state index is 14.5. The van der Waals surface area contributed by atoms with Crippen LogP contribution in [-0.4, -0.2) is 53.5 Å². The highest BCUT2D eigenvalue weighted by atomic mass is 19.3. The number of carbonyl (C=O) groups is 1. The fourth-order valence-electron chi connectivity index (χ4n) is 4.53. The number of alkyl halides is 2. The minimum Gasteiger partial charge on any atom is -0.508 e. The molecule has 0 unspecified atom stereocenters. The number of nitrogens with zero attached hydrogens (tertiary/aromatic N) is 2. The smallest absolute Gasteiger partial charge is 0.251 e. The van der Waals surface area contributed by atoms with E-state index in [1.54, 1.807) is 36.7 Å². The lowest BCUT2D eigenvalue weighted by Gasteiger charge is -2.32. The van der Waals surface area contributed by atoms with Gasteiger partial charge in [0, 0.05) is 42.7 Å². The van der Waals surface area contributed by atoms with Crippen molar-refractivity contribution < 1.29 is 18.7 Å². The van der Waals surface area contributed by atoms with Crippen LogP contribution in [0.3, 0.4) is 0 Å². The van der Waals surface area contributed by atoms with Crippen molar-refractivity contribution in [2.24, 2.45) is 5.41 Å². The molecule has 32 heavy (non-hydrogen) atoms. The van der Waals surface area contributed by atoms with Gasteiger partial charge in [0.15, 0.2) is 0 Å². The van der Waals surface area contributed by atoms with E-state index in [2.05, 4.69) is 10.3 Å². The van der Waals surface area contributed by atoms with E-state index in [1.165, 1.54) is 0 Å². The first-order chi connectivity index (χ1) is 15.0. The minimum absolute atomic E-state index is 0.00745. The topological polar surface area (TPSA) is 65.5 Å². The van der Waals surface area contributed by atoms with Gasteiger partial charge in [-0.05, 0) is 82.1 Å². The lowest BCUT2D eigenvalue weighted by atomic mass is 9.77. The van der Waals surface area contributed by atoms with Crippen molar-refractivity contribution in [3.8, 4) is 5.75 Å². The third kappa shape index (κ3) is 5.44. The minimum atomic E-state index is -2.86. The summed E-state index contributed by atoms with van der Waals surface area (Å²) in [6.45, 7) is 3.31. The van der Waals surface area contributed by atoms with Gasteiger partial charge in [-0.15, -0.1) is 0 Å². The van der Waals surface area contributed by atoms with Gasteiger partial charge < -0.3 is 15.3 Å². The fourth-order valence-corrected chi connectivity index (χ4v) is 4.53. The first kappa shape index (κ1) is 24.1. The summed E-state index contributed by atoms with van der Waals surface area (Å²) in [6.07, 6.45) is 4.72. The van der Waals surface area contributed by atoms with Crippen LogP contribution in [-0.2, 0) is 11.2 Å². The Morgan fingerprint density at radius 2 is 2.03 bits per heavy atom. The zero-order valence-electron chi connectivity index (χ0n) is 19.2. The fraction of sp³-hybridized carbons (Fsp3) is 0.520. The number of phenols is 1. The molecule has 0 spiro atoms. The number of amides is 1. The molecule has 174 valence electrons. The first-order valence-corrected chi connectivity index (χ1v) is 11.0. The monoisotopic (exact) mass is 445 g/mol. The molecule has 0 radical (unpaired) electrons. The largest absolute Gasteiger partial charge is 0.508 e. The molecule has 2 atom stereocenters. The molecule has 0 bridgehead atoms. The van der Waals surface area contributed by atoms with Crippen molar-refractivity contribution in [3.63, 3.8) is 0 Å². The standard InChI is InChI=1S/C25H33F2N3O2/c1-17-12-21(31)8-7-18(17)13-20(30(3)4)16-29-23(32)14-22(19-6-5-11-28-15-19)25(9-10-25)24(2,26)27/h5-8,11-12,15,20,22,31H,9-10,13-14,16H2,1-4H3,(H,29,32)/t20-,22+/m0/s1. The molecule has 2 N–H and O–H groups in total. The summed E-state index contributed by atoms with van der Waals surface area (Å²) >= 11 is 0. The summed E-state index contributed by atoms with van der Waals surface area (Å²) in [5, 5.41) is 12.6. The summed E-state index contributed by atoms with van der Waals surface area (Å²) in [6, 6.07) is 8.81. The second-order valence-corrected chi connectivity index (χ2v) is 9.32. The zero-order chi connectivity index (χ0) is 23.5. The Morgan fingerprint density at radius 3 is 2.56 bits per heavy atom. The predicted octanol–water partition coefficient (Wildman–Crippen LogP) is 4.29. The summed E-state index contributed by atoms with van der Waals surface area (Å²) in [7, 11) is 3.89. The molecule has 7 heteroatoms. The summed E-state index contributed by atoms with van der Waals surface area (Å²) in [5.74, 6) is -3.45. The summed E-state index contributed by atoms with van der Waals surface area (Å²) in [5.41, 5.74) is 1.58. The van der Waals surface area contributed by atoms with E-state index in [1.807, 2.05) is 32.0 Å². The van der Waals surface area contributed by atoms with E-state index in [-0.39, 0.29) is 24.1 Å². The number of likely N-dealkylation sites (N-methyl/N-ethyl adjacent to an activating group) is 1. The van der Waals surface area contributed by atoms with Crippen LogP contribution in [0, 0.1) is 12.3 Å². The number of phenolic OH excluding ortho intramolecular Hbond substituents is 1. The Bertz CT molecular complexity index is 925. The number of aromatic nitrogens is 1. The molecular formula is C25H33F2N3O2. The Labute approximate surface area is 188 Å². The van der Waals surface area contributed by atoms with Crippen molar-refractivity contribution in [2.75, 3.05) is 20.6 Å². The van der Waals surface area contributed by atoms with Crippen molar-refractivity contribution in [3.05, 3.63) is 59.4 Å². The number of benzene rings is 1. The highest BCUT2D eigenvalue weighted by Crippen LogP contribution is 2.65. The molecule has 5 nitrogen and oxygen atoms in total. The van der Waals surface area contributed by atoms with Gasteiger partial charge in [-0.3, -0.25) is 9.78 Å². The van der Waals surface area contributed by atoms with Crippen LogP contribution in [0.2, 0.25) is 0 Å². The quantitative estimate of drug-likeness (QED) is 0.573. The molecule has 1 saturated carbocycles. The number of aromatic hydroxyl groups is 1. The van der Waals surface area contributed by atoms with Crippen molar-refractivity contribution in [1.82, 2.24) is 15.2 Å². The highest BCUT2D eigenvalue weighted by Gasteiger charge is 2.63. The lowest BCUT2D eigenvalue weighted by Crippen LogP contribution is -2.43. The number of nitrogens with one attached hydrogen (secondary N) is 1. The van der Waals surface area contributed by atoms with Crippen molar-refractivity contribution >= 4 is 5.91 Å². The molecule has 1 fully saturated rings. The second-order valence-electron chi connectivity index (χ2n) is 9.32.